The van der Waals surface area contributed by atoms with Crippen molar-refractivity contribution in [2.45, 2.75) is 32.0 Å². The number of aromatic nitrogens is 4. The van der Waals surface area contributed by atoms with Crippen molar-refractivity contribution in [2.75, 3.05) is 0 Å². The van der Waals surface area contributed by atoms with Gasteiger partial charge in [0.05, 0.1) is 29.1 Å². The first-order valence-corrected chi connectivity index (χ1v) is 11.4. The van der Waals surface area contributed by atoms with Crippen molar-refractivity contribution in [3.8, 4) is 11.3 Å². The summed E-state index contributed by atoms with van der Waals surface area (Å²) in [6.45, 7) is 0.996. The zero-order valence-corrected chi connectivity index (χ0v) is 18.5. The molecular formula is C27H23N5O2. The van der Waals surface area contributed by atoms with Crippen LogP contribution in [-0.4, -0.2) is 36.6 Å². The van der Waals surface area contributed by atoms with Gasteiger partial charge in [0.15, 0.2) is 5.65 Å². The minimum absolute atomic E-state index is 0.00134. The fraction of sp³-hybridized carbons (Fsp3) is 0.185. The zero-order valence-electron chi connectivity index (χ0n) is 18.5. The SMILES string of the molecule is O=C(c1cc(-c2ccccc2)nc2c1cnn2Cc1ccco1)N(Cc1ccncc1)C1CC1. The summed E-state index contributed by atoms with van der Waals surface area (Å²) in [7, 11) is 0. The van der Waals surface area contributed by atoms with Crippen LogP contribution in [0.1, 0.15) is 34.5 Å². The van der Waals surface area contributed by atoms with E-state index in [1.54, 1.807) is 29.5 Å². The van der Waals surface area contributed by atoms with E-state index >= 15 is 0 Å². The van der Waals surface area contributed by atoms with Crippen LogP contribution in [0.4, 0.5) is 0 Å². The molecule has 0 N–H and O–H groups in total. The van der Waals surface area contributed by atoms with E-state index in [9.17, 15) is 4.79 Å². The number of rotatable bonds is 7. The van der Waals surface area contributed by atoms with Crippen molar-refractivity contribution < 1.29 is 9.21 Å². The second-order valence-electron chi connectivity index (χ2n) is 8.56. The molecule has 0 atom stereocenters. The van der Waals surface area contributed by atoms with Crippen molar-refractivity contribution in [3.63, 3.8) is 0 Å². The molecule has 1 aliphatic rings. The summed E-state index contributed by atoms with van der Waals surface area (Å²) in [6.07, 6.45) is 8.96. The second-order valence-corrected chi connectivity index (χ2v) is 8.56. The average Bonchev–Trinajstić information content (AvgIpc) is 3.45. The van der Waals surface area contributed by atoms with Gasteiger partial charge >= 0.3 is 0 Å². The molecule has 1 fully saturated rings. The van der Waals surface area contributed by atoms with Crippen LogP contribution in [0.2, 0.25) is 0 Å². The maximum atomic E-state index is 14.0. The van der Waals surface area contributed by atoms with Gasteiger partial charge in [0.1, 0.15) is 12.3 Å². The highest BCUT2D eigenvalue weighted by atomic mass is 16.3. The predicted octanol–water partition coefficient (Wildman–Crippen LogP) is 4.94. The first-order valence-electron chi connectivity index (χ1n) is 11.4. The van der Waals surface area contributed by atoms with E-state index < -0.39 is 0 Å². The molecule has 34 heavy (non-hydrogen) atoms. The lowest BCUT2D eigenvalue weighted by atomic mass is 10.1. The summed E-state index contributed by atoms with van der Waals surface area (Å²) in [6, 6.07) is 19.8. The Morgan fingerprint density at radius 1 is 1.06 bits per heavy atom. The lowest BCUT2D eigenvalue weighted by Crippen LogP contribution is -2.32. The molecule has 1 saturated carbocycles. The monoisotopic (exact) mass is 449 g/mol. The predicted molar refractivity (Wildman–Crippen MR) is 128 cm³/mol. The van der Waals surface area contributed by atoms with Gasteiger partial charge in [-0.2, -0.15) is 5.10 Å². The highest BCUT2D eigenvalue weighted by Gasteiger charge is 2.34. The molecule has 5 aromatic rings. The normalized spacial score (nSPS) is 13.3. The Kier molecular flexibility index (Phi) is 5.14. The average molecular weight is 450 g/mol. The van der Waals surface area contributed by atoms with Crippen LogP contribution in [0.25, 0.3) is 22.3 Å². The third-order valence-electron chi connectivity index (χ3n) is 6.15. The Labute approximate surface area is 196 Å². The smallest absolute Gasteiger partial charge is 0.255 e. The number of amides is 1. The van der Waals surface area contributed by atoms with Gasteiger partial charge < -0.3 is 9.32 Å². The summed E-state index contributed by atoms with van der Waals surface area (Å²) in [5, 5.41) is 5.31. The van der Waals surface area contributed by atoms with Crippen molar-refractivity contribution in [1.29, 1.82) is 0 Å². The number of fused-ring (bicyclic) bond motifs is 1. The molecule has 168 valence electrons. The third kappa shape index (κ3) is 3.96. The molecule has 0 aliphatic heterocycles. The number of pyridine rings is 2. The standard InChI is InChI=1S/C27H23N5O2/c33-27(31(21-8-9-21)17-19-10-12-28-13-11-19)23-15-25(20-5-2-1-3-6-20)30-26-24(23)16-29-32(26)18-22-7-4-14-34-22/h1-7,10-16,21H,8-9,17-18H2. The van der Waals surface area contributed by atoms with Gasteiger partial charge in [-0.3, -0.25) is 9.78 Å². The van der Waals surface area contributed by atoms with Gasteiger partial charge in [0, 0.05) is 30.5 Å². The highest BCUT2D eigenvalue weighted by molar-refractivity contribution is 6.06. The topological polar surface area (TPSA) is 77.0 Å². The van der Waals surface area contributed by atoms with Crippen molar-refractivity contribution in [2.24, 2.45) is 0 Å². The van der Waals surface area contributed by atoms with Gasteiger partial charge in [0.2, 0.25) is 0 Å². The van der Waals surface area contributed by atoms with E-state index in [2.05, 4.69) is 10.1 Å². The summed E-state index contributed by atoms with van der Waals surface area (Å²) in [5.41, 5.74) is 4.06. The Hall–Kier alpha value is -4.26. The summed E-state index contributed by atoms with van der Waals surface area (Å²) >= 11 is 0. The molecule has 0 unspecified atom stereocenters. The van der Waals surface area contributed by atoms with E-state index in [1.807, 2.05) is 65.6 Å². The number of carbonyl (C=O) groups excluding carboxylic acids is 1. The Balaban J connectivity index is 1.46. The second kappa shape index (κ2) is 8.59. The molecule has 0 spiro atoms. The molecule has 1 aliphatic carbocycles. The Morgan fingerprint density at radius 3 is 2.62 bits per heavy atom. The van der Waals surface area contributed by atoms with E-state index in [4.69, 9.17) is 9.40 Å². The number of carbonyl (C=O) groups is 1. The van der Waals surface area contributed by atoms with E-state index in [1.165, 1.54) is 0 Å². The Bertz CT molecular complexity index is 1420. The van der Waals surface area contributed by atoms with E-state index in [0.29, 0.717) is 24.3 Å². The van der Waals surface area contributed by atoms with Crippen molar-refractivity contribution in [1.82, 2.24) is 24.6 Å². The van der Waals surface area contributed by atoms with Crippen LogP contribution >= 0.6 is 0 Å². The third-order valence-corrected chi connectivity index (χ3v) is 6.15. The minimum Gasteiger partial charge on any atom is -0.467 e. The fourth-order valence-corrected chi connectivity index (χ4v) is 4.24. The maximum absolute atomic E-state index is 14.0. The molecular weight excluding hydrogens is 426 g/mol. The van der Waals surface area contributed by atoms with Gasteiger partial charge in [-0.15, -0.1) is 0 Å². The van der Waals surface area contributed by atoms with Gasteiger partial charge in [-0.05, 0) is 48.7 Å². The lowest BCUT2D eigenvalue weighted by molar-refractivity contribution is 0.0732. The molecule has 7 nitrogen and oxygen atoms in total. The van der Waals surface area contributed by atoms with Crippen LogP contribution in [0.3, 0.4) is 0 Å². The van der Waals surface area contributed by atoms with E-state index in [-0.39, 0.29) is 11.9 Å². The van der Waals surface area contributed by atoms with Crippen molar-refractivity contribution >= 4 is 16.9 Å². The summed E-state index contributed by atoms with van der Waals surface area (Å²) in [5.74, 6) is 0.781. The molecule has 4 aromatic heterocycles. The molecule has 4 heterocycles. The Morgan fingerprint density at radius 2 is 1.88 bits per heavy atom. The number of benzene rings is 1. The fourth-order valence-electron chi connectivity index (χ4n) is 4.24. The van der Waals surface area contributed by atoms with Crippen LogP contribution in [0.15, 0.2) is 89.9 Å². The lowest BCUT2D eigenvalue weighted by Gasteiger charge is -2.23. The van der Waals surface area contributed by atoms with Crippen molar-refractivity contribution in [3.05, 3.63) is 102 Å². The number of hydrogen-bond donors (Lipinski definition) is 0. The van der Waals surface area contributed by atoms with Crippen LogP contribution in [-0.2, 0) is 13.1 Å². The zero-order chi connectivity index (χ0) is 22.9. The molecule has 0 radical (unpaired) electrons. The molecule has 0 saturated heterocycles. The minimum atomic E-state index is 0.00134. The summed E-state index contributed by atoms with van der Waals surface area (Å²) < 4.78 is 7.32. The van der Waals surface area contributed by atoms with Gasteiger partial charge in [-0.1, -0.05) is 30.3 Å². The largest absolute Gasteiger partial charge is 0.467 e. The summed E-state index contributed by atoms with van der Waals surface area (Å²) in [4.78, 5) is 25.0. The maximum Gasteiger partial charge on any atom is 0.255 e. The van der Waals surface area contributed by atoms with E-state index in [0.717, 1.165) is 40.8 Å². The number of hydrogen-bond acceptors (Lipinski definition) is 5. The first kappa shape index (κ1) is 20.4. The van der Waals surface area contributed by atoms with Gasteiger partial charge in [-0.25, -0.2) is 9.67 Å². The molecule has 1 aromatic carbocycles. The van der Waals surface area contributed by atoms with Gasteiger partial charge in [0.25, 0.3) is 5.91 Å². The molecule has 6 rings (SSSR count). The molecule has 1 amide bonds. The van der Waals surface area contributed by atoms with Crippen LogP contribution in [0.5, 0.6) is 0 Å². The molecule has 0 bridgehead atoms. The van der Waals surface area contributed by atoms with Crippen LogP contribution < -0.4 is 0 Å². The highest BCUT2D eigenvalue weighted by Crippen LogP contribution is 2.32. The van der Waals surface area contributed by atoms with Crippen LogP contribution in [0, 0.1) is 0 Å². The number of nitrogens with zero attached hydrogens (tertiary/aromatic N) is 5. The number of furan rings is 1. The quantitative estimate of drug-likeness (QED) is 0.352. The first-order chi connectivity index (χ1) is 16.8. The molecule has 7 heteroatoms.